The minimum Gasteiger partial charge on any atom is -0.455 e. The molecule has 5 nitrogen and oxygen atoms in total. The maximum Gasteiger partial charge on any atom is 0.255 e. The fourth-order valence-corrected chi connectivity index (χ4v) is 2.09. The Bertz CT molecular complexity index is 752. The molecule has 0 heterocycles. The van der Waals surface area contributed by atoms with Crippen LogP contribution in [0, 0.1) is 17.2 Å². The van der Waals surface area contributed by atoms with Crippen LogP contribution in [0.15, 0.2) is 48.5 Å². The molecule has 1 amide bonds. The van der Waals surface area contributed by atoms with Crippen LogP contribution in [0.25, 0.3) is 0 Å². The highest BCUT2D eigenvalue weighted by atomic mass is 16.5. The van der Waals surface area contributed by atoms with Crippen LogP contribution < -0.4 is 10.1 Å². The van der Waals surface area contributed by atoms with E-state index in [2.05, 4.69) is 11.4 Å². The van der Waals surface area contributed by atoms with Gasteiger partial charge in [-0.05, 0) is 37.1 Å². The standard InChI is InChI=1S/C19H20N2O3/c1-13(12-22)14(2)21-19(23)16-8-4-6-10-18(16)24-17-9-5-3-7-15(17)11-20/h3-10,13-14,22H,12H2,1-2H3,(H,21,23). The van der Waals surface area contributed by atoms with Crippen LogP contribution in [0.5, 0.6) is 11.5 Å². The van der Waals surface area contributed by atoms with E-state index in [1.165, 1.54) is 0 Å². The van der Waals surface area contributed by atoms with Crippen molar-refractivity contribution in [1.29, 1.82) is 5.26 Å². The van der Waals surface area contributed by atoms with E-state index in [4.69, 9.17) is 10.00 Å². The van der Waals surface area contributed by atoms with Crippen LogP contribution in [0.3, 0.4) is 0 Å². The van der Waals surface area contributed by atoms with Crippen molar-refractivity contribution in [3.63, 3.8) is 0 Å². The highest BCUT2D eigenvalue weighted by molar-refractivity contribution is 5.97. The number of carbonyl (C=O) groups is 1. The number of para-hydroxylation sites is 2. The minimum atomic E-state index is -0.284. The predicted molar refractivity (Wildman–Crippen MR) is 90.9 cm³/mol. The lowest BCUT2D eigenvalue weighted by Gasteiger charge is -2.20. The number of benzene rings is 2. The Morgan fingerprint density at radius 2 is 1.79 bits per heavy atom. The van der Waals surface area contributed by atoms with E-state index in [9.17, 15) is 9.90 Å². The quantitative estimate of drug-likeness (QED) is 0.855. The molecule has 0 fully saturated rings. The summed E-state index contributed by atoms with van der Waals surface area (Å²) in [4.78, 5) is 12.5. The molecule has 2 aromatic rings. The molecule has 0 radical (unpaired) electrons. The molecule has 0 aromatic heterocycles. The molecule has 2 N–H and O–H groups in total. The molecule has 2 atom stereocenters. The second-order valence-electron chi connectivity index (χ2n) is 5.63. The summed E-state index contributed by atoms with van der Waals surface area (Å²) in [5.41, 5.74) is 0.775. The number of ether oxygens (including phenoxy) is 1. The molecular weight excluding hydrogens is 304 g/mol. The van der Waals surface area contributed by atoms with Gasteiger partial charge in [0, 0.05) is 12.6 Å². The number of hydrogen-bond acceptors (Lipinski definition) is 4. The summed E-state index contributed by atoms with van der Waals surface area (Å²) in [6.45, 7) is 3.69. The molecule has 0 spiro atoms. The van der Waals surface area contributed by atoms with Crippen molar-refractivity contribution in [1.82, 2.24) is 5.32 Å². The SMILES string of the molecule is CC(CO)C(C)NC(=O)c1ccccc1Oc1ccccc1C#N. The first-order valence-electron chi connectivity index (χ1n) is 7.74. The van der Waals surface area contributed by atoms with Crippen LogP contribution >= 0.6 is 0 Å². The van der Waals surface area contributed by atoms with Crippen molar-refractivity contribution in [3.8, 4) is 17.6 Å². The first kappa shape index (κ1) is 17.5. The number of nitrogens with one attached hydrogen (secondary N) is 1. The largest absolute Gasteiger partial charge is 0.455 e. The fourth-order valence-electron chi connectivity index (χ4n) is 2.09. The number of carbonyl (C=O) groups excluding carboxylic acids is 1. The molecule has 0 saturated carbocycles. The van der Waals surface area contributed by atoms with E-state index in [1.807, 2.05) is 13.8 Å². The number of aliphatic hydroxyl groups excluding tert-OH is 1. The Hall–Kier alpha value is -2.84. The second kappa shape index (κ2) is 8.14. The Kier molecular flexibility index (Phi) is 5.94. The van der Waals surface area contributed by atoms with E-state index >= 15 is 0 Å². The molecule has 0 aliphatic rings. The molecule has 0 saturated heterocycles. The summed E-state index contributed by atoms with van der Waals surface area (Å²) in [7, 11) is 0. The van der Waals surface area contributed by atoms with Crippen LogP contribution in [0.4, 0.5) is 0 Å². The molecule has 0 aliphatic carbocycles. The minimum absolute atomic E-state index is 0.00482. The van der Waals surface area contributed by atoms with Crippen molar-refractivity contribution in [3.05, 3.63) is 59.7 Å². The van der Waals surface area contributed by atoms with Gasteiger partial charge < -0.3 is 15.2 Å². The molecule has 5 heteroatoms. The van der Waals surface area contributed by atoms with Crippen molar-refractivity contribution in [2.45, 2.75) is 19.9 Å². The van der Waals surface area contributed by atoms with E-state index in [0.717, 1.165) is 0 Å². The zero-order chi connectivity index (χ0) is 17.5. The van der Waals surface area contributed by atoms with E-state index in [1.54, 1.807) is 48.5 Å². The van der Waals surface area contributed by atoms with E-state index in [-0.39, 0.29) is 24.5 Å². The summed E-state index contributed by atoms with van der Waals surface area (Å²) in [5, 5.41) is 21.2. The number of amides is 1. The Balaban J connectivity index is 2.24. The van der Waals surface area contributed by atoms with Gasteiger partial charge in [-0.3, -0.25) is 4.79 Å². The lowest BCUT2D eigenvalue weighted by Crippen LogP contribution is -2.38. The van der Waals surface area contributed by atoms with Gasteiger partial charge in [-0.25, -0.2) is 0 Å². The molecule has 2 unspecified atom stereocenters. The third kappa shape index (κ3) is 4.12. The number of aliphatic hydroxyl groups is 1. The molecule has 0 bridgehead atoms. The Morgan fingerprint density at radius 1 is 1.17 bits per heavy atom. The third-order valence-electron chi connectivity index (χ3n) is 3.86. The average molecular weight is 324 g/mol. The lowest BCUT2D eigenvalue weighted by molar-refractivity contribution is 0.0914. The number of rotatable bonds is 6. The Labute approximate surface area is 141 Å². The van der Waals surface area contributed by atoms with Gasteiger partial charge in [0.2, 0.25) is 0 Å². The molecule has 2 rings (SSSR count). The van der Waals surface area contributed by atoms with Crippen molar-refractivity contribution < 1.29 is 14.6 Å². The number of nitrogens with zero attached hydrogens (tertiary/aromatic N) is 1. The van der Waals surface area contributed by atoms with Crippen molar-refractivity contribution in [2.24, 2.45) is 5.92 Å². The highest BCUT2D eigenvalue weighted by Crippen LogP contribution is 2.27. The van der Waals surface area contributed by atoms with Crippen LogP contribution in [-0.4, -0.2) is 23.7 Å². The van der Waals surface area contributed by atoms with Crippen molar-refractivity contribution in [2.75, 3.05) is 6.61 Å². The lowest BCUT2D eigenvalue weighted by atomic mass is 10.0. The van der Waals surface area contributed by atoms with Gasteiger partial charge in [-0.15, -0.1) is 0 Å². The summed E-state index contributed by atoms with van der Waals surface area (Å²) in [5.74, 6) is 0.438. The third-order valence-corrected chi connectivity index (χ3v) is 3.86. The smallest absolute Gasteiger partial charge is 0.255 e. The van der Waals surface area contributed by atoms with Gasteiger partial charge >= 0.3 is 0 Å². The summed E-state index contributed by atoms with van der Waals surface area (Å²) < 4.78 is 5.79. The van der Waals surface area contributed by atoms with Crippen LogP contribution in [-0.2, 0) is 0 Å². The molecule has 0 aliphatic heterocycles. The highest BCUT2D eigenvalue weighted by Gasteiger charge is 2.18. The number of nitriles is 1. The van der Waals surface area contributed by atoms with Gasteiger partial charge in [0.1, 0.15) is 17.6 Å². The topological polar surface area (TPSA) is 82.3 Å². The normalized spacial score (nSPS) is 12.8. The van der Waals surface area contributed by atoms with Crippen molar-refractivity contribution >= 4 is 5.91 Å². The maximum absolute atomic E-state index is 12.5. The van der Waals surface area contributed by atoms with E-state index in [0.29, 0.717) is 22.6 Å². The van der Waals surface area contributed by atoms with Crippen LogP contribution in [0.2, 0.25) is 0 Å². The summed E-state index contributed by atoms with van der Waals surface area (Å²) in [6, 6.07) is 15.6. The fraction of sp³-hybridized carbons (Fsp3) is 0.263. The molecular formula is C19H20N2O3. The average Bonchev–Trinajstić information content (AvgIpc) is 2.61. The maximum atomic E-state index is 12.5. The van der Waals surface area contributed by atoms with Crippen LogP contribution in [0.1, 0.15) is 29.8 Å². The van der Waals surface area contributed by atoms with Gasteiger partial charge in [0.05, 0.1) is 11.1 Å². The first-order chi connectivity index (χ1) is 11.6. The second-order valence-corrected chi connectivity index (χ2v) is 5.63. The van der Waals surface area contributed by atoms with Gasteiger partial charge in [-0.2, -0.15) is 5.26 Å². The number of hydrogen-bond donors (Lipinski definition) is 2. The first-order valence-corrected chi connectivity index (χ1v) is 7.74. The van der Waals surface area contributed by atoms with Gasteiger partial charge in [-0.1, -0.05) is 31.2 Å². The Morgan fingerprint density at radius 3 is 2.46 bits per heavy atom. The zero-order valence-corrected chi connectivity index (χ0v) is 13.7. The van der Waals surface area contributed by atoms with E-state index < -0.39 is 0 Å². The summed E-state index contributed by atoms with van der Waals surface area (Å²) in [6.07, 6.45) is 0. The summed E-state index contributed by atoms with van der Waals surface area (Å²) >= 11 is 0. The predicted octanol–water partition coefficient (Wildman–Crippen LogP) is 3.10. The van der Waals surface area contributed by atoms with Gasteiger partial charge in [0.15, 0.2) is 0 Å². The monoisotopic (exact) mass is 324 g/mol. The molecule has 24 heavy (non-hydrogen) atoms. The van der Waals surface area contributed by atoms with Gasteiger partial charge in [0.25, 0.3) is 5.91 Å². The molecule has 2 aromatic carbocycles. The molecule has 124 valence electrons. The zero-order valence-electron chi connectivity index (χ0n) is 13.7.